The number of methoxy groups -OCH3 is 2. The maximum absolute atomic E-state index is 11.3. The summed E-state index contributed by atoms with van der Waals surface area (Å²) < 4.78 is 36.2. The van der Waals surface area contributed by atoms with Crippen LogP contribution in [0.5, 0.6) is 0 Å². The quantitative estimate of drug-likeness (QED) is 0.454. The van der Waals surface area contributed by atoms with Gasteiger partial charge in [0.1, 0.15) is 13.2 Å². The molecular formula is C19H42N2O8S. The van der Waals surface area contributed by atoms with E-state index in [1.165, 1.54) is 14.2 Å². The van der Waals surface area contributed by atoms with Crippen LogP contribution in [0.3, 0.4) is 0 Å². The molecule has 2 amide bonds. The molecule has 10 nitrogen and oxygen atoms in total. The SMILES string of the molecule is COCC(=O)NC1CCC(O)CC1.COCC(=O)NC1CCC(OS(C)(=O)=O)CC1.[HH].[HH].[HH]. The summed E-state index contributed by atoms with van der Waals surface area (Å²) in [7, 11) is -0.407. The maximum atomic E-state index is 11.3. The first kappa shape index (κ1) is 26.8. The number of nitrogens with one attached hydrogen (secondary N) is 2. The first-order valence-corrected chi connectivity index (χ1v) is 12.1. The van der Waals surface area contributed by atoms with Crippen molar-refractivity contribution in [2.75, 3.05) is 33.7 Å². The van der Waals surface area contributed by atoms with Gasteiger partial charge in [0.2, 0.25) is 11.8 Å². The molecule has 2 saturated carbocycles. The minimum atomic E-state index is -3.38. The second-order valence-corrected chi connectivity index (χ2v) is 9.38. The van der Waals surface area contributed by atoms with Crippen LogP contribution >= 0.6 is 0 Å². The molecule has 0 aromatic heterocycles. The molecule has 2 aliphatic rings. The van der Waals surface area contributed by atoms with Gasteiger partial charge in [-0.2, -0.15) is 8.42 Å². The van der Waals surface area contributed by atoms with Crippen molar-refractivity contribution >= 4 is 21.9 Å². The average Bonchev–Trinajstić information content (AvgIpc) is 2.65. The zero-order valence-corrected chi connectivity index (χ0v) is 18.9. The molecule has 0 heterocycles. The largest absolute Gasteiger partial charge is 0.393 e. The van der Waals surface area contributed by atoms with E-state index in [1.807, 2.05) is 0 Å². The average molecular weight is 459 g/mol. The summed E-state index contributed by atoms with van der Waals surface area (Å²) in [6.45, 7) is 0.179. The Balaban J connectivity index is -0.000000514. The van der Waals surface area contributed by atoms with Gasteiger partial charge in [-0.1, -0.05) is 0 Å². The van der Waals surface area contributed by atoms with Crippen molar-refractivity contribution < 1.29 is 41.1 Å². The molecule has 3 N–H and O–H groups in total. The molecule has 11 heteroatoms. The van der Waals surface area contributed by atoms with E-state index >= 15 is 0 Å². The van der Waals surface area contributed by atoms with Crippen LogP contribution in [0.4, 0.5) is 0 Å². The number of ether oxygens (including phenoxy) is 2. The third kappa shape index (κ3) is 12.4. The zero-order valence-electron chi connectivity index (χ0n) is 18.1. The highest BCUT2D eigenvalue weighted by Gasteiger charge is 2.25. The third-order valence-corrected chi connectivity index (χ3v) is 5.58. The maximum Gasteiger partial charge on any atom is 0.264 e. The molecule has 0 atom stereocenters. The lowest BCUT2D eigenvalue weighted by atomic mass is 9.93. The van der Waals surface area contributed by atoms with Crippen LogP contribution in [0.2, 0.25) is 0 Å². The van der Waals surface area contributed by atoms with Crippen LogP contribution in [0, 0.1) is 0 Å². The van der Waals surface area contributed by atoms with Gasteiger partial charge in [-0.25, -0.2) is 0 Å². The summed E-state index contributed by atoms with van der Waals surface area (Å²) in [6.07, 6.45) is 6.71. The monoisotopic (exact) mass is 458 g/mol. The van der Waals surface area contributed by atoms with E-state index in [-0.39, 0.29) is 53.6 Å². The standard InChI is InChI=1S/C10H19NO5S.C9H17NO3.3H2/c1-15-7-10(12)11-8-3-5-9(6-4-8)16-17(2,13)14;1-13-6-9(12)10-7-2-4-8(11)5-3-7;;;/h8-9H,3-7H2,1-2H3,(H,11,12);7-8,11H,2-6H2,1H3,(H,10,12);3*1H. The number of aliphatic hydroxyl groups excluding tert-OH is 1. The predicted molar refractivity (Wildman–Crippen MR) is 117 cm³/mol. The molecule has 0 radical (unpaired) electrons. The van der Waals surface area contributed by atoms with Crippen LogP contribution in [0.1, 0.15) is 55.6 Å². The lowest BCUT2D eigenvalue weighted by Gasteiger charge is -2.28. The molecule has 0 spiro atoms. The predicted octanol–water partition coefficient (Wildman–Crippen LogP) is 0.827. The molecule has 0 unspecified atom stereocenters. The minimum Gasteiger partial charge on any atom is -0.393 e. The molecule has 2 fully saturated rings. The van der Waals surface area contributed by atoms with E-state index in [4.69, 9.17) is 13.7 Å². The fourth-order valence-corrected chi connectivity index (χ4v) is 4.26. The lowest BCUT2D eigenvalue weighted by Crippen LogP contribution is -2.40. The molecule has 2 rings (SSSR count). The van der Waals surface area contributed by atoms with E-state index in [0.717, 1.165) is 44.8 Å². The van der Waals surface area contributed by atoms with Gasteiger partial charge in [0.25, 0.3) is 10.1 Å². The number of amides is 2. The molecule has 0 saturated heterocycles. The van der Waals surface area contributed by atoms with Crippen molar-refractivity contribution in [2.24, 2.45) is 0 Å². The Morgan fingerprint density at radius 3 is 1.63 bits per heavy atom. The van der Waals surface area contributed by atoms with Crippen LogP contribution in [-0.2, 0) is 33.4 Å². The van der Waals surface area contributed by atoms with Crippen LogP contribution in [0.15, 0.2) is 0 Å². The Labute approximate surface area is 183 Å². The fourth-order valence-electron chi connectivity index (χ4n) is 3.57. The first-order valence-electron chi connectivity index (χ1n) is 10.3. The Kier molecular flexibility index (Phi) is 12.4. The third-order valence-electron chi connectivity index (χ3n) is 4.96. The van der Waals surface area contributed by atoms with Crippen molar-refractivity contribution in [2.45, 2.75) is 75.7 Å². The van der Waals surface area contributed by atoms with Gasteiger partial charge in [-0.15, -0.1) is 0 Å². The Bertz CT molecular complexity index is 627. The van der Waals surface area contributed by atoms with Crippen molar-refractivity contribution in [3.63, 3.8) is 0 Å². The second-order valence-electron chi connectivity index (χ2n) is 7.78. The van der Waals surface area contributed by atoms with Crippen LogP contribution in [-0.4, -0.2) is 83.3 Å². The van der Waals surface area contributed by atoms with Crippen LogP contribution < -0.4 is 10.6 Å². The summed E-state index contributed by atoms with van der Waals surface area (Å²) in [5.74, 6) is -0.205. The van der Waals surface area contributed by atoms with Crippen molar-refractivity contribution in [3.05, 3.63) is 0 Å². The van der Waals surface area contributed by atoms with Crippen molar-refractivity contribution in [1.82, 2.24) is 10.6 Å². The number of carbonyl (C=O) groups is 2. The highest BCUT2D eigenvalue weighted by molar-refractivity contribution is 7.86. The molecule has 182 valence electrons. The molecule has 30 heavy (non-hydrogen) atoms. The molecule has 0 aromatic carbocycles. The number of carbonyl (C=O) groups excluding carboxylic acids is 2. The minimum absolute atomic E-state index is 0. The Morgan fingerprint density at radius 1 is 0.867 bits per heavy atom. The van der Waals surface area contributed by atoms with Gasteiger partial charge in [-0.05, 0) is 51.4 Å². The fraction of sp³-hybridized carbons (Fsp3) is 0.895. The van der Waals surface area contributed by atoms with Gasteiger partial charge in [0.15, 0.2) is 0 Å². The lowest BCUT2D eigenvalue weighted by molar-refractivity contribution is -0.126. The van der Waals surface area contributed by atoms with Crippen molar-refractivity contribution in [3.8, 4) is 0 Å². The van der Waals surface area contributed by atoms with E-state index in [0.29, 0.717) is 12.8 Å². The van der Waals surface area contributed by atoms with E-state index in [9.17, 15) is 23.1 Å². The smallest absolute Gasteiger partial charge is 0.264 e. The number of hydrogen-bond donors (Lipinski definition) is 3. The number of rotatable bonds is 8. The van der Waals surface area contributed by atoms with Gasteiger partial charge in [-0.3, -0.25) is 13.8 Å². The summed E-state index contributed by atoms with van der Waals surface area (Å²) >= 11 is 0. The van der Waals surface area contributed by atoms with Crippen molar-refractivity contribution in [1.29, 1.82) is 0 Å². The molecular weight excluding hydrogens is 416 g/mol. The van der Waals surface area contributed by atoms with Gasteiger partial charge >= 0.3 is 0 Å². The molecule has 0 aromatic rings. The normalized spacial score (nSPS) is 26.8. The second kappa shape index (κ2) is 13.9. The molecule has 0 aliphatic heterocycles. The number of aliphatic hydroxyl groups is 1. The van der Waals surface area contributed by atoms with E-state index in [1.54, 1.807) is 0 Å². The van der Waals surface area contributed by atoms with E-state index < -0.39 is 10.1 Å². The molecule has 2 aliphatic carbocycles. The van der Waals surface area contributed by atoms with Gasteiger partial charge < -0.3 is 25.2 Å². The molecule has 0 bridgehead atoms. The van der Waals surface area contributed by atoms with E-state index in [2.05, 4.69) is 10.6 Å². The summed E-state index contributed by atoms with van der Waals surface area (Å²) in [5, 5.41) is 14.9. The Hall–Kier alpha value is -1.27. The topological polar surface area (TPSA) is 140 Å². The highest BCUT2D eigenvalue weighted by Crippen LogP contribution is 2.22. The summed E-state index contributed by atoms with van der Waals surface area (Å²) in [5.41, 5.74) is 0. The Morgan fingerprint density at radius 2 is 1.27 bits per heavy atom. The van der Waals surface area contributed by atoms with Gasteiger partial charge in [0.05, 0.1) is 18.5 Å². The zero-order chi connectivity index (χ0) is 22.6. The van der Waals surface area contributed by atoms with Gasteiger partial charge in [0, 0.05) is 30.6 Å². The summed E-state index contributed by atoms with van der Waals surface area (Å²) in [4.78, 5) is 22.4. The first-order chi connectivity index (χ1) is 14.1. The highest BCUT2D eigenvalue weighted by atomic mass is 32.2. The summed E-state index contributed by atoms with van der Waals surface area (Å²) in [6, 6.07) is 0.322. The number of hydrogen-bond acceptors (Lipinski definition) is 8. The van der Waals surface area contributed by atoms with Crippen LogP contribution in [0.25, 0.3) is 0 Å².